The van der Waals surface area contributed by atoms with E-state index in [-0.39, 0.29) is 6.16 Å². The molecule has 134 valence electrons. The molecule has 0 saturated carbocycles. The Labute approximate surface area is 143 Å². The van der Waals surface area contributed by atoms with E-state index >= 15 is 0 Å². The number of rotatable bonds is 17. The van der Waals surface area contributed by atoms with E-state index in [9.17, 15) is 4.57 Å². The Bertz CT molecular complexity index is 269. The number of thiol groups is 1. The average Bonchev–Trinajstić information content (AvgIpc) is 2.45. The molecule has 2 N–H and O–H groups in total. The predicted octanol–water partition coefficient (Wildman–Crippen LogP) is 5.95. The fraction of sp³-hybridized carbons (Fsp3) is 1.00. The fourth-order valence-electron chi connectivity index (χ4n) is 2.73. The average molecular weight is 353 g/mol. The van der Waals surface area contributed by atoms with Gasteiger partial charge in [-0.25, -0.2) is 0 Å². The molecule has 0 saturated heterocycles. The summed E-state index contributed by atoms with van der Waals surface area (Å²) in [5.41, 5.74) is 0. The van der Waals surface area contributed by atoms with Crippen molar-refractivity contribution in [2.45, 2.75) is 96.3 Å². The summed E-state index contributed by atoms with van der Waals surface area (Å²) in [6.45, 7) is 0. The van der Waals surface area contributed by atoms with E-state index in [4.69, 9.17) is 9.79 Å². The lowest BCUT2D eigenvalue weighted by atomic mass is 10.0. The van der Waals surface area contributed by atoms with E-state index < -0.39 is 7.60 Å². The quantitative estimate of drug-likeness (QED) is 0.172. The van der Waals surface area contributed by atoms with Gasteiger partial charge in [0.25, 0.3) is 0 Å². The van der Waals surface area contributed by atoms with Gasteiger partial charge in [0.2, 0.25) is 0 Å². The summed E-state index contributed by atoms with van der Waals surface area (Å²) in [5.74, 6) is 1.03. The molecule has 0 aliphatic heterocycles. The molecule has 22 heavy (non-hydrogen) atoms. The summed E-state index contributed by atoms with van der Waals surface area (Å²) in [5, 5.41) is 0. The maximum absolute atomic E-state index is 10.7. The van der Waals surface area contributed by atoms with Crippen molar-refractivity contribution in [3.05, 3.63) is 0 Å². The molecule has 0 aliphatic carbocycles. The van der Waals surface area contributed by atoms with Crippen molar-refractivity contribution in [3.63, 3.8) is 0 Å². The number of unbranched alkanes of at least 4 members (excludes halogenated alkanes) is 14. The Morgan fingerprint density at radius 3 is 1.09 bits per heavy atom. The van der Waals surface area contributed by atoms with Gasteiger partial charge in [-0.2, -0.15) is 12.6 Å². The Morgan fingerprint density at radius 2 is 0.818 bits per heavy atom. The molecule has 0 aliphatic rings. The predicted molar refractivity (Wildman–Crippen MR) is 100 cm³/mol. The van der Waals surface area contributed by atoms with Gasteiger partial charge < -0.3 is 9.79 Å². The van der Waals surface area contributed by atoms with Crippen LogP contribution in [0, 0.1) is 0 Å². The molecule has 0 spiro atoms. The van der Waals surface area contributed by atoms with Gasteiger partial charge in [0, 0.05) is 6.16 Å². The zero-order chi connectivity index (χ0) is 16.5. The lowest BCUT2D eigenvalue weighted by Crippen LogP contribution is -1.88. The maximum Gasteiger partial charge on any atom is 0.325 e. The molecular formula is C17H37O3PS. The third-order valence-electron chi connectivity index (χ3n) is 4.11. The van der Waals surface area contributed by atoms with Crippen LogP contribution >= 0.6 is 20.2 Å². The molecule has 0 radical (unpaired) electrons. The minimum Gasteiger partial charge on any atom is -0.324 e. The number of hydrogen-bond acceptors (Lipinski definition) is 2. The van der Waals surface area contributed by atoms with E-state index in [1.165, 1.54) is 77.0 Å². The zero-order valence-corrected chi connectivity index (χ0v) is 16.0. The maximum atomic E-state index is 10.7. The van der Waals surface area contributed by atoms with Crippen LogP contribution in [-0.4, -0.2) is 21.7 Å². The van der Waals surface area contributed by atoms with Crippen molar-refractivity contribution < 1.29 is 14.4 Å². The Balaban J connectivity index is 3.01. The van der Waals surface area contributed by atoms with Crippen LogP contribution in [0.5, 0.6) is 0 Å². The SMILES string of the molecule is O=P(O)(O)CCCCCCCCCCCCCCCCCS. The van der Waals surface area contributed by atoms with E-state index in [1.807, 2.05) is 0 Å². The van der Waals surface area contributed by atoms with Gasteiger partial charge in [-0.1, -0.05) is 83.5 Å². The lowest BCUT2D eigenvalue weighted by molar-refractivity contribution is 0.370. The van der Waals surface area contributed by atoms with Gasteiger partial charge in [0.15, 0.2) is 0 Å². The smallest absolute Gasteiger partial charge is 0.324 e. The molecule has 0 heterocycles. The van der Waals surface area contributed by atoms with Crippen LogP contribution in [0.25, 0.3) is 0 Å². The fourth-order valence-corrected chi connectivity index (χ4v) is 3.59. The third kappa shape index (κ3) is 20.5. The second-order valence-corrected chi connectivity index (χ2v) is 8.64. The Hall–Kier alpha value is 0.500. The van der Waals surface area contributed by atoms with Crippen LogP contribution in [0.4, 0.5) is 0 Å². The van der Waals surface area contributed by atoms with Crippen LogP contribution in [0.15, 0.2) is 0 Å². The van der Waals surface area contributed by atoms with E-state index in [2.05, 4.69) is 12.6 Å². The summed E-state index contributed by atoms with van der Waals surface area (Å²) >= 11 is 4.22. The first-order valence-corrected chi connectivity index (χ1v) is 11.6. The molecule has 0 bridgehead atoms. The van der Waals surface area contributed by atoms with E-state index in [0.29, 0.717) is 6.42 Å². The van der Waals surface area contributed by atoms with Crippen molar-refractivity contribution in [1.29, 1.82) is 0 Å². The first-order valence-electron chi connectivity index (χ1n) is 9.22. The minimum atomic E-state index is -3.76. The molecule has 0 amide bonds. The largest absolute Gasteiger partial charge is 0.325 e. The van der Waals surface area contributed by atoms with Crippen molar-refractivity contribution in [1.82, 2.24) is 0 Å². The zero-order valence-electron chi connectivity index (χ0n) is 14.2. The highest BCUT2D eigenvalue weighted by Crippen LogP contribution is 2.35. The van der Waals surface area contributed by atoms with Crippen LogP contribution in [0.1, 0.15) is 96.3 Å². The van der Waals surface area contributed by atoms with Crippen LogP contribution in [0.3, 0.4) is 0 Å². The number of hydrogen-bond donors (Lipinski definition) is 3. The van der Waals surface area contributed by atoms with Crippen molar-refractivity contribution in [2.24, 2.45) is 0 Å². The van der Waals surface area contributed by atoms with Gasteiger partial charge in [0.1, 0.15) is 0 Å². The molecule has 0 unspecified atom stereocenters. The first kappa shape index (κ1) is 22.5. The molecule has 0 atom stereocenters. The van der Waals surface area contributed by atoms with Crippen molar-refractivity contribution >= 4 is 20.2 Å². The Morgan fingerprint density at radius 1 is 0.545 bits per heavy atom. The van der Waals surface area contributed by atoms with Crippen molar-refractivity contribution in [2.75, 3.05) is 11.9 Å². The summed E-state index contributed by atoms with van der Waals surface area (Å²) < 4.78 is 10.7. The highest BCUT2D eigenvalue weighted by Gasteiger charge is 2.10. The summed E-state index contributed by atoms with van der Waals surface area (Å²) in [6.07, 6.45) is 18.9. The lowest BCUT2D eigenvalue weighted by Gasteiger charge is -2.04. The molecular weight excluding hydrogens is 315 g/mol. The summed E-state index contributed by atoms with van der Waals surface area (Å²) in [6, 6.07) is 0. The monoisotopic (exact) mass is 352 g/mol. The van der Waals surface area contributed by atoms with Gasteiger partial charge in [0.05, 0.1) is 0 Å². The van der Waals surface area contributed by atoms with Gasteiger partial charge in [-0.05, 0) is 18.6 Å². The molecule has 0 aromatic rings. The highest BCUT2D eigenvalue weighted by atomic mass is 32.1. The van der Waals surface area contributed by atoms with Gasteiger partial charge in [-0.3, -0.25) is 4.57 Å². The summed E-state index contributed by atoms with van der Waals surface area (Å²) in [4.78, 5) is 17.5. The first-order chi connectivity index (χ1) is 10.6. The van der Waals surface area contributed by atoms with Crippen LogP contribution in [0.2, 0.25) is 0 Å². The molecule has 0 rings (SSSR count). The molecule has 0 aromatic heterocycles. The van der Waals surface area contributed by atoms with E-state index in [0.717, 1.165) is 18.6 Å². The highest BCUT2D eigenvalue weighted by molar-refractivity contribution is 7.80. The second-order valence-electron chi connectivity index (χ2n) is 6.42. The molecule has 0 aromatic carbocycles. The second kappa shape index (κ2) is 16.4. The normalized spacial score (nSPS) is 12.0. The molecule has 3 nitrogen and oxygen atoms in total. The topological polar surface area (TPSA) is 57.5 Å². The van der Waals surface area contributed by atoms with Gasteiger partial charge in [-0.15, -0.1) is 0 Å². The van der Waals surface area contributed by atoms with E-state index in [1.54, 1.807) is 0 Å². The third-order valence-corrected chi connectivity index (χ3v) is 5.32. The van der Waals surface area contributed by atoms with Crippen molar-refractivity contribution in [3.8, 4) is 0 Å². The Kier molecular flexibility index (Phi) is 16.7. The summed E-state index contributed by atoms with van der Waals surface area (Å²) in [7, 11) is -3.76. The van der Waals surface area contributed by atoms with Crippen LogP contribution in [-0.2, 0) is 4.57 Å². The molecule has 0 fully saturated rings. The molecule has 5 heteroatoms. The standard InChI is InChI=1S/C17H37O3PS/c18-21(19,20)16-14-12-10-8-6-4-2-1-3-5-7-9-11-13-15-17-22/h22H,1-17H2,(H2,18,19,20). The van der Waals surface area contributed by atoms with Gasteiger partial charge >= 0.3 is 7.60 Å². The minimum absolute atomic E-state index is 0.0572. The van der Waals surface area contributed by atoms with Crippen LogP contribution < -0.4 is 0 Å².